The molecule has 17 heteroatoms. The number of thioether (sulfide) groups is 1. The number of rotatable bonds is 7. The summed E-state index contributed by atoms with van der Waals surface area (Å²) in [6, 6.07) is 18.2. The molecule has 3 aromatic carbocycles. The zero-order valence-electron chi connectivity index (χ0n) is 23.0. The van der Waals surface area contributed by atoms with Crippen molar-refractivity contribution in [1.29, 1.82) is 0 Å². The smallest absolute Gasteiger partial charge is 0.406 e. The SMILES string of the molecule is O=C1CS/C(=N\C(=S)N/N=C/c2ccc(-c3ncn(-c4ccc(OC(F)(F)F)cc4)n3)cc2)N1c1ccccc1/C=C/C(F)(F)F. The molecule has 0 atom stereocenters. The Bertz CT molecular complexity index is 1820. The lowest BCUT2D eigenvalue weighted by Crippen LogP contribution is -2.31. The summed E-state index contributed by atoms with van der Waals surface area (Å²) in [6.07, 6.45) is -5.44. The van der Waals surface area contributed by atoms with Crippen LogP contribution in [-0.4, -0.2) is 55.5 Å². The Balaban J connectivity index is 1.21. The fourth-order valence-corrected chi connectivity index (χ4v) is 5.07. The number of benzene rings is 3. The van der Waals surface area contributed by atoms with Crippen molar-refractivity contribution in [2.24, 2.45) is 10.1 Å². The summed E-state index contributed by atoms with van der Waals surface area (Å²) in [7, 11) is 0. The lowest BCUT2D eigenvalue weighted by molar-refractivity contribution is -0.274. The number of aliphatic imine (C=N–C) groups is 1. The Hall–Kier alpha value is -5.03. The first-order chi connectivity index (χ1) is 21.8. The second-order valence-electron chi connectivity index (χ2n) is 9.20. The average molecular weight is 676 g/mol. The molecule has 1 aromatic heterocycles. The summed E-state index contributed by atoms with van der Waals surface area (Å²) >= 11 is 6.32. The minimum absolute atomic E-state index is 0.0324. The molecule has 1 aliphatic heterocycles. The van der Waals surface area contributed by atoms with Gasteiger partial charge in [0.1, 0.15) is 12.1 Å². The molecule has 0 radical (unpaired) electrons. The van der Waals surface area contributed by atoms with Crippen LogP contribution in [0.2, 0.25) is 0 Å². The number of alkyl halides is 6. The molecular formula is C29H19F6N7O2S2. The maximum Gasteiger partial charge on any atom is 0.573 e. The van der Waals surface area contributed by atoms with Crippen LogP contribution in [0.15, 0.2) is 95.3 Å². The van der Waals surface area contributed by atoms with Crippen LogP contribution in [0, 0.1) is 0 Å². The third-order valence-electron chi connectivity index (χ3n) is 5.96. The second-order valence-corrected chi connectivity index (χ2v) is 10.5. The van der Waals surface area contributed by atoms with E-state index in [1.165, 1.54) is 58.5 Å². The molecule has 1 N–H and O–H groups in total. The summed E-state index contributed by atoms with van der Waals surface area (Å²) in [5.41, 5.74) is 4.81. The number of para-hydroxylation sites is 1. The van der Waals surface area contributed by atoms with Crippen molar-refractivity contribution in [1.82, 2.24) is 20.2 Å². The fourth-order valence-electron chi connectivity index (χ4n) is 4.01. The maximum absolute atomic E-state index is 12.8. The number of thiocarbonyl (C=S) groups is 1. The lowest BCUT2D eigenvalue weighted by atomic mass is 10.1. The number of nitrogens with one attached hydrogen (secondary N) is 1. The van der Waals surface area contributed by atoms with Crippen molar-refractivity contribution in [3.05, 3.63) is 96.3 Å². The molecule has 1 saturated heterocycles. The van der Waals surface area contributed by atoms with Crippen LogP contribution < -0.4 is 15.1 Å². The van der Waals surface area contributed by atoms with Crippen LogP contribution in [0.4, 0.5) is 32.0 Å². The number of carbonyl (C=O) groups excluding carboxylic acids is 1. The first-order valence-corrected chi connectivity index (χ1v) is 14.3. The number of aromatic nitrogens is 3. The van der Waals surface area contributed by atoms with Crippen LogP contribution in [0.3, 0.4) is 0 Å². The van der Waals surface area contributed by atoms with Gasteiger partial charge in [-0.2, -0.15) is 23.3 Å². The lowest BCUT2D eigenvalue weighted by Gasteiger charge is -2.18. The van der Waals surface area contributed by atoms with Gasteiger partial charge in [0, 0.05) is 11.6 Å². The molecule has 236 valence electrons. The largest absolute Gasteiger partial charge is 0.573 e. The molecule has 5 rings (SSSR count). The Morgan fingerprint density at radius 3 is 2.41 bits per heavy atom. The van der Waals surface area contributed by atoms with Crippen molar-refractivity contribution >= 4 is 58.1 Å². The minimum atomic E-state index is -4.79. The zero-order chi connectivity index (χ0) is 32.9. The first-order valence-electron chi connectivity index (χ1n) is 13.0. The van der Waals surface area contributed by atoms with Gasteiger partial charge in [-0.05, 0) is 59.8 Å². The summed E-state index contributed by atoms with van der Waals surface area (Å²) in [6.45, 7) is 0. The number of hydrazone groups is 1. The molecule has 0 saturated carbocycles. The number of halogens is 6. The molecule has 0 unspecified atom stereocenters. The molecule has 1 amide bonds. The van der Waals surface area contributed by atoms with Gasteiger partial charge < -0.3 is 4.74 Å². The highest BCUT2D eigenvalue weighted by atomic mass is 32.2. The molecule has 4 aromatic rings. The number of carbonyl (C=O) groups is 1. The number of hydrogen-bond donors (Lipinski definition) is 1. The van der Waals surface area contributed by atoms with Crippen LogP contribution in [-0.2, 0) is 4.79 Å². The maximum atomic E-state index is 12.8. The van der Waals surface area contributed by atoms with Gasteiger partial charge in [0.2, 0.25) is 11.0 Å². The predicted molar refractivity (Wildman–Crippen MR) is 166 cm³/mol. The molecule has 9 nitrogen and oxygen atoms in total. The molecule has 1 aliphatic rings. The van der Waals surface area contributed by atoms with Crippen LogP contribution >= 0.6 is 24.0 Å². The molecule has 2 heterocycles. The normalized spacial score (nSPS) is 15.0. The third-order valence-corrected chi connectivity index (χ3v) is 7.07. The molecule has 0 aliphatic carbocycles. The van der Waals surface area contributed by atoms with E-state index in [1.54, 1.807) is 36.4 Å². The van der Waals surface area contributed by atoms with Crippen LogP contribution in [0.25, 0.3) is 23.2 Å². The van der Waals surface area contributed by atoms with E-state index in [2.05, 4.69) is 30.3 Å². The highest BCUT2D eigenvalue weighted by Crippen LogP contribution is 2.31. The first kappa shape index (κ1) is 32.4. The van der Waals surface area contributed by atoms with Gasteiger partial charge in [-0.25, -0.2) is 9.67 Å². The molecular weight excluding hydrogens is 656 g/mol. The van der Waals surface area contributed by atoms with E-state index in [0.29, 0.717) is 22.6 Å². The van der Waals surface area contributed by atoms with E-state index in [0.717, 1.165) is 17.8 Å². The topological polar surface area (TPSA) is 97.0 Å². The summed E-state index contributed by atoms with van der Waals surface area (Å²) in [5, 5.41) is 8.53. The monoisotopic (exact) mass is 675 g/mol. The fraction of sp³-hybridized carbons (Fsp3) is 0.103. The Kier molecular flexibility index (Phi) is 9.52. The number of amides is 1. The summed E-state index contributed by atoms with van der Waals surface area (Å²) in [4.78, 5) is 22.3. The van der Waals surface area contributed by atoms with Gasteiger partial charge in [-0.3, -0.25) is 15.1 Å². The van der Waals surface area contributed by atoms with E-state index in [-0.39, 0.29) is 45.0 Å². The molecule has 1 fully saturated rings. The zero-order valence-corrected chi connectivity index (χ0v) is 24.7. The van der Waals surface area contributed by atoms with Crippen molar-refractivity contribution in [3.8, 4) is 22.8 Å². The number of hydrogen-bond acceptors (Lipinski definition) is 7. The highest BCUT2D eigenvalue weighted by molar-refractivity contribution is 8.15. The summed E-state index contributed by atoms with van der Waals surface area (Å²) < 4.78 is 80.7. The van der Waals surface area contributed by atoms with Crippen LogP contribution in [0.1, 0.15) is 11.1 Å². The quantitative estimate of drug-likeness (QED) is 0.100. The third kappa shape index (κ3) is 8.57. The number of anilines is 1. The average Bonchev–Trinajstić information content (AvgIpc) is 3.63. The van der Waals surface area contributed by atoms with E-state index in [9.17, 15) is 31.1 Å². The highest BCUT2D eigenvalue weighted by Gasteiger charge is 2.32. The van der Waals surface area contributed by atoms with Crippen molar-refractivity contribution < 1.29 is 35.9 Å². The van der Waals surface area contributed by atoms with Crippen molar-refractivity contribution in [2.75, 3.05) is 10.7 Å². The van der Waals surface area contributed by atoms with Crippen molar-refractivity contribution in [2.45, 2.75) is 12.5 Å². The Morgan fingerprint density at radius 2 is 1.72 bits per heavy atom. The molecule has 46 heavy (non-hydrogen) atoms. The van der Waals surface area contributed by atoms with E-state index >= 15 is 0 Å². The second kappa shape index (κ2) is 13.5. The number of nitrogens with zero attached hydrogens (tertiary/aromatic N) is 6. The minimum Gasteiger partial charge on any atom is -0.406 e. The van der Waals surface area contributed by atoms with E-state index in [1.807, 2.05) is 0 Å². The van der Waals surface area contributed by atoms with Gasteiger partial charge in [0.05, 0.1) is 23.3 Å². The number of amidine groups is 1. The van der Waals surface area contributed by atoms with Gasteiger partial charge >= 0.3 is 12.5 Å². The van der Waals surface area contributed by atoms with Gasteiger partial charge in [0.25, 0.3) is 0 Å². The van der Waals surface area contributed by atoms with E-state index < -0.39 is 12.5 Å². The van der Waals surface area contributed by atoms with Gasteiger partial charge in [0.15, 0.2) is 11.0 Å². The van der Waals surface area contributed by atoms with Gasteiger partial charge in [-0.1, -0.05) is 54.2 Å². The van der Waals surface area contributed by atoms with Gasteiger partial charge in [-0.15, -0.1) is 18.3 Å². The van der Waals surface area contributed by atoms with Crippen molar-refractivity contribution in [3.63, 3.8) is 0 Å². The standard InChI is InChI=1S/C29H19F6N7O2S2/c30-28(31,32)14-13-19-3-1-2-4-23(19)42-24(43)16-46-27(42)38-26(45)39-37-15-18-5-7-20(8-6-18)25-36-17-41(40-25)21-9-11-22(12-10-21)44-29(33,34)35/h1-15,17H,16H2,(H,39,45)/b14-13+,37-15+,38-27-. The summed E-state index contributed by atoms with van der Waals surface area (Å²) in [5.74, 6) is -0.314. The van der Waals surface area contributed by atoms with E-state index in [4.69, 9.17) is 12.2 Å². The molecule has 0 spiro atoms. The Labute approximate surface area is 266 Å². The number of ether oxygens (including phenoxy) is 1. The predicted octanol–water partition coefficient (Wildman–Crippen LogP) is 6.75. The number of allylic oxidation sites excluding steroid dienone is 1. The molecule has 0 bridgehead atoms. The Morgan fingerprint density at radius 1 is 1.00 bits per heavy atom. The van der Waals surface area contributed by atoms with Crippen LogP contribution in [0.5, 0.6) is 5.75 Å².